The van der Waals surface area contributed by atoms with Crippen molar-refractivity contribution in [3.05, 3.63) is 53.8 Å². The Bertz CT molecular complexity index is 1010. The Kier molecular flexibility index (Phi) is 4.50. The highest BCUT2D eigenvalue weighted by atomic mass is 16.5. The molecule has 0 aliphatic heterocycles. The zero-order chi connectivity index (χ0) is 18.8. The number of nitrogens with one attached hydrogen (secondary N) is 2. The minimum Gasteiger partial charge on any atom is -0.483 e. The average molecular weight is 365 g/mol. The summed E-state index contributed by atoms with van der Waals surface area (Å²) in [6.45, 7) is 1.60. The molecule has 3 aromatic rings. The molecule has 7 heteroatoms. The van der Waals surface area contributed by atoms with Crippen LogP contribution in [0.5, 0.6) is 5.75 Å². The van der Waals surface area contributed by atoms with E-state index in [2.05, 4.69) is 15.8 Å². The number of ether oxygens (including phenoxy) is 1. The lowest BCUT2D eigenvalue weighted by atomic mass is 10.1. The van der Waals surface area contributed by atoms with Gasteiger partial charge in [-0.05, 0) is 42.7 Å². The molecule has 0 spiro atoms. The van der Waals surface area contributed by atoms with Crippen LogP contribution in [0.15, 0.2) is 47.0 Å². The van der Waals surface area contributed by atoms with Crippen molar-refractivity contribution in [1.29, 1.82) is 0 Å². The van der Waals surface area contributed by atoms with Crippen molar-refractivity contribution in [1.82, 2.24) is 10.5 Å². The second-order valence-electron chi connectivity index (χ2n) is 6.60. The van der Waals surface area contributed by atoms with Crippen molar-refractivity contribution in [2.45, 2.75) is 25.8 Å². The van der Waals surface area contributed by atoms with E-state index in [0.717, 1.165) is 23.6 Å². The highest BCUT2D eigenvalue weighted by molar-refractivity contribution is 6.08. The molecule has 0 radical (unpaired) electrons. The topological polar surface area (TPSA) is 93.5 Å². The predicted octanol–water partition coefficient (Wildman–Crippen LogP) is 3.05. The number of hydrogen-bond donors (Lipinski definition) is 2. The Morgan fingerprint density at radius 1 is 1.19 bits per heavy atom. The number of fused-ring (bicyclic) bond motifs is 1. The first-order chi connectivity index (χ1) is 13.1. The summed E-state index contributed by atoms with van der Waals surface area (Å²) in [7, 11) is 0. The SMILES string of the molecule is Cc1cc(NC(=O)c2cc3ccccc3cc2OCC(=O)NC2CC2)no1. The number of aromatic nitrogens is 1. The molecule has 1 aromatic heterocycles. The smallest absolute Gasteiger partial charge is 0.260 e. The van der Waals surface area contributed by atoms with Gasteiger partial charge in [-0.1, -0.05) is 29.4 Å². The number of anilines is 1. The lowest BCUT2D eigenvalue weighted by Crippen LogP contribution is -2.30. The third-order valence-electron chi connectivity index (χ3n) is 4.26. The van der Waals surface area contributed by atoms with Crippen molar-refractivity contribution >= 4 is 28.4 Å². The fourth-order valence-corrected chi connectivity index (χ4v) is 2.77. The monoisotopic (exact) mass is 365 g/mol. The van der Waals surface area contributed by atoms with Gasteiger partial charge in [0.15, 0.2) is 12.4 Å². The van der Waals surface area contributed by atoms with Gasteiger partial charge in [0.25, 0.3) is 11.8 Å². The molecule has 1 saturated carbocycles. The molecule has 2 N–H and O–H groups in total. The summed E-state index contributed by atoms with van der Waals surface area (Å²) in [5.41, 5.74) is 0.327. The summed E-state index contributed by atoms with van der Waals surface area (Å²) in [5, 5.41) is 11.1. The molecule has 27 heavy (non-hydrogen) atoms. The zero-order valence-electron chi connectivity index (χ0n) is 14.8. The Morgan fingerprint density at radius 2 is 1.93 bits per heavy atom. The van der Waals surface area contributed by atoms with Gasteiger partial charge in [-0.2, -0.15) is 0 Å². The van der Waals surface area contributed by atoms with Crippen LogP contribution in [0.3, 0.4) is 0 Å². The number of amides is 2. The minimum absolute atomic E-state index is 0.141. The maximum atomic E-state index is 12.7. The lowest BCUT2D eigenvalue weighted by Gasteiger charge is -2.13. The first kappa shape index (κ1) is 17.1. The standard InChI is InChI=1S/C20H19N3O4/c1-12-8-18(23-27-12)22-20(25)16-9-13-4-2-3-5-14(13)10-17(16)26-11-19(24)21-15-6-7-15/h2-5,8-10,15H,6-7,11H2,1H3,(H,21,24)(H,22,23,25). The molecular weight excluding hydrogens is 346 g/mol. The highest BCUT2D eigenvalue weighted by Gasteiger charge is 2.24. The highest BCUT2D eigenvalue weighted by Crippen LogP contribution is 2.27. The number of carbonyl (C=O) groups is 2. The molecule has 138 valence electrons. The van der Waals surface area contributed by atoms with Crippen molar-refractivity contribution < 1.29 is 18.8 Å². The molecule has 0 bridgehead atoms. The molecule has 1 aliphatic carbocycles. The Morgan fingerprint density at radius 3 is 2.59 bits per heavy atom. The van der Waals surface area contributed by atoms with E-state index in [4.69, 9.17) is 9.26 Å². The summed E-state index contributed by atoms with van der Waals surface area (Å²) in [4.78, 5) is 24.7. The maximum absolute atomic E-state index is 12.7. The number of nitrogens with zero attached hydrogens (tertiary/aromatic N) is 1. The normalized spacial score (nSPS) is 13.4. The second kappa shape index (κ2) is 7.11. The van der Waals surface area contributed by atoms with Crippen LogP contribution in [-0.2, 0) is 4.79 Å². The van der Waals surface area contributed by atoms with Gasteiger partial charge in [-0.3, -0.25) is 9.59 Å². The minimum atomic E-state index is -0.383. The Labute approximate surface area is 155 Å². The van der Waals surface area contributed by atoms with E-state index in [1.54, 1.807) is 25.1 Å². The Balaban J connectivity index is 1.59. The van der Waals surface area contributed by atoms with Gasteiger partial charge in [-0.25, -0.2) is 0 Å². The molecule has 2 amide bonds. The number of benzene rings is 2. The van der Waals surface area contributed by atoms with E-state index in [9.17, 15) is 9.59 Å². The molecule has 0 unspecified atom stereocenters. The molecule has 0 saturated heterocycles. The summed E-state index contributed by atoms with van der Waals surface area (Å²) >= 11 is 0. The third-order valence-corrected chi connectivity index (χ3v) is 4.26. The molecule has 1 fully saturated rings. The van der Waals surface area contributed by atoms with Crippen LogP contribution in [0.25, 0.3) is 10.8 Å². The zero-order valence-corrected chi connectivity index (χ0v) is 14.8. The Hall–Kier alpha value is -3.35. The van der Waals surface area contributed by atoms with E-state index in [-0.39, 0.29) is 24.5 Å². The lowest BCUT2D eigenvalue weighted by molar-refractivity contribution is -0.123. The summed E-state index contributed by atoms with van der Waals surface area (Å²) < 4.78 is 10.7. The van der Waals surface area contributed by atoms with Crippen LogP contribution >= 0.6 is 0 Å². The van der Waals surface area contributed by atoms with Crippen molar-refractivity contribution in [3.63, 3.8) is 0 Å². The van der Waals surface area contributed by atoms with Crippen molar-refractivity contribution in [2.75, 3.05) is 11.9 Å². The number of aryl methyl sites for hydroxylation is 1. The summed E-state index contributed by atoms with van der Waals surface area (Å²) in [5.74, 6) is 0.688. The fourth-order valence-electron chi connectivity index (χ4n) is 2.77. The van der Waals surface area contributed by atoms with Crippen molar-refractivity contribution in [2.24, 2.45) is 0 Å². The van der Waals surface area contributed by atoms with E-state index >= 15 is 0 Å². The molecule has 0 atom stereocenters. The fraction of sp³-hybridized carbons (Fsp3) is 0.250. The predicted molar refractivity (Wildman–Crippen MR) is 99.8 cm³/mol. The molecule has 4 rings (SSSR count). The second-order valence-corrected chi connectivity index (χ2v) is 6.60. The van der Waals surface area contributed by atoms with Crippen LogP contribution in [-0.4, -0.2) is 29.6 Å². The number of rotatable bonds is 6. The largest absolute Gasteiger partial charge is 0.483 e. The van der Waals surface area contributed by atoms with Crippen LogP contribution in [0, 0.1) is 6.92 Å². The molecule has 7 nitrogen and oxygen atoms in total. The van der Waals surface area contributed by atoms with Gasteiger partial charge in [0.1, 0.15) is 11.5 Å². The van der Waals surface area contributed by atoms with E-state index < -0.39 is 0 Å². The van der Waals surface area contributed by atoms with Gasteiger partial charge >= 0.3 is 0 Å². The first-order valence-corrected chi connectivity index (χ1v) is 8.78. The summed E-state index contributed by atoms with van der Waals surface area (Å²) in [6, 6.07) is 13.0. The first-order valence-electron chi connectivity index (χ1n) is 8.78. The van der Waals surface area contributed by atoms with E-state index in [0.29, 0.717) is 22.9 Å². The van der Waals surface area contributed by atoms with Crippen LogP contribution in [0.1, 0.15) is 29.0 Å². The van der Waals surface area contributed by atoms with Gasteiger partial charge in [-0.15, -0.1) is 0 Å². The van der Waals surface area contributed by atoms with Gasteiger partial charge < -0.3 is 19.9 Å². The molecule has 1 aliphatic rings. The van der Waals surface area contributed by atoms with Gasteiger partial charge in [0.05, 0.1) is 5.56 Å². The maximum Gasteiger partial charge on any atom is 0.260 e. The molecular formula is C20H19N3O4. The quantitative estimate of drug-likeness (QED) is 0.700. The number of carbonyl (C=O) groups excluding carboxylic acids is 2. The summed E-state index contributed by atoms with van der Waals surface area (Å²) in [6.07, 6.45) is 2.01. The van der Waals surface area contributed by atoms with Crippen molar-refractivity contribution in [3.8, 4) is 5.75 Å². The van der Waals surface area contributed by atoms with Gasteiger partial charge in [0, 0.05) is 12.1 Å². The van der Waals surface area contributed by atoms with E-state index in [1.807, 2.05) is 24.3 Å². The van der Waals surface area contributed by atoms with Crippen LogP contribution < -0.4 is 15.4 Å². The van der Waals surface area contributed by atoms with Crippen LogP contribution in [0.2, 0.25) is 0 Å². The molecule has 2 aromatic carbocycles. The average Bonchev–Trinajstić information content (AvgIpc) is 3.38. The molecule has 1 heterocycles. The number of hydrogen-bond acceptors (Lipinski definition) is 5. The van der Waals surface area contributed by atoms with E-state index in [1.165, 1.54) is 0 Å². The third kappa shape index (κ3) is 4.08. The van der Waals surface area contributed by atoms with Gasteiger partial charge in [0.2, 0.25) is 0 Å². The van der Waals surface area contributed by atoms with Crippen LogP contribution in [0.4, 0.5) is 5.82 Å².